The van der Waals surface area contributed by atoms with Gasteiger partial charge < -0.3 is 14.4 Å². The number of rotatable bonds is 4. The number of anilines is 1. The van der Waals surface area contributed by atoms with Crippen LogP contribution in [0.4, 0.5) is 14.5 Å². The molecule has 2 amide bonds. The van der Waals surface area contributed by atoms with E-state index in [0.29, 0.717) is 24.4 Å². The quantitative estimate of drug-likeness (QED) is 0.699. The van der Waals surface area contributed by atoms with Crippen LogP contribution in [-0.2, 0) is 14.3 Å². The third kappa shape index (κ3) is 3.79. The molecule has 2 atom stereocenters. The molecule has 2 heterocycles. The Labute approximate surface area is 178 Å². The van der Waals surface area contributed by atoms with Crippen molar-refractivity contribution in [3.05, 3.63) is 65.4 Å². The highest BCUT2D eigenvalue weighted by Gasteiger charge is 2.44. The maximum Gasteiger partial charge on any atom is 0.282 e. The summed E-state index contributed by atoms with van der Waals surface area (Å²) in [6, 6.07) is 9.75. The predicted octanol–water partition coefficient (Wildman–Crippen LogP) is 3.37. The molecule has 0 radical (unpaired) electrons. The Morgan fingerprint density at radius 2 is 1.58 bits per heavy atom. The van der Waals surface area contributed by atoms with Crippen molar-refractivity contribution in [2.24, 2.45) is 0 Å². The van der Waals surface area contributed by atoms with Crippen molar-refractivity contribution in [3.8, 4) is 5.75 Å². The van der Waals surface area contributed by atoms with Crippen LogP contribution < -0.4 is 9.64 Å². The molecule has 2 unspecified atom stereocenters. The molecule has 0 saturated carbocycles. The molecule has 1 fully saturated rings. The van der Waals surface area contributed by atoms with Gasteiger partial charge in [0.15, 0.2) is 11.6 Å². The van der Waals surface area contributed by atoms with Crippen LogP contribution in [0, 0.1) is 11.6 Å². The van der Waals surface area contributed by atoms with E-state index in [0.717, 1.165) is 17.0 Å². The maximum absolute atomic E-state index is 13.9. The Bertz CT molecular complexity index is 1060. The summed E-state index contributed by atoms with van der Waals surface area (Å²) >= 11 is 0. The van der Waals surface area contributed by atoms with Crippen molar-refractivity contribution in [2.75, 3.05) is 25.1 Å². The fourth-order valence-electron chi connectivity index (χ4n) is 4.05. The van der Waals surface area contributed by atoms with Crippen molar-refractivity contribution < 1.29 is 27.8 Å². The summed E-state index contributed by atoms with van der Waals surface area (Å²) < 4.78 is 38.3. The van der Waals surface area contributed by atoms with Gasteiger partial charge in [-0.15, -0.1) is 0 Å². The van der Waals surface area contributed by atoms with Gasteiger partial charge in [-0.05, 0) is 43.7 Å². The molecular formula is C23H22F2N2O4. The second-order valence-electron chi connectivity index (χ2n) is 7.66. The fraction of sp³-hybridized carbons (Fsp3) is 0.304. The topological polar surface area (TPSA) is 59.1 Å². The van der Waals surface area contributed by atoms with E-state index in [-0.39, 0.29) is 29.2 Å². The molecule has 0 N–H and O–H groups in total. The second-order valence-corrected chi connectivity index (χ2v) is 7.66. The van der Waals surface area contributed by atoms with Crippen LogP contribution in [0.1, 0.15) is 19.4 Å². The standard InChI is InChI=1S/C23H22F2N2O4/c1-13-11-26(12-14(2)31-13)21-20(15-4-7-17(30-3)8-5-15)22(28)27(23(21)29)16-6-9-18(24)19(25)10-16/h4-10,13-14H,11-12H2,1-3H3. The van der Waals surface area contributed by atoms with Gasteiger partial charge in [0.05, 0.1) is 30.6 Å². The van der Waals surface area contributed by atoms with Gasteiger partial charge in [-0.25, -0.2) is 13.7 Å². The van der Waals surface area contributed by atoms with Crippen LogP contribution in [0.3, 0.4) is 0 Å². The Hall–Kier alpha value is -3.26. The van der Waals surface area contributed by atoms with Crippen LogP contribution in [0.2, 0.25) is 0 Å². The zero-order valence-corrected chi connectivity index (χ0v) is 17.4. The minimum absolute atomic E-state index is 0.0238. The van der Waals surface area contributed by atoms with E-state index in [1.165, 1.54) is 13.2 Å². The van der Waals surface area contributed by atoms with Gasteiger partial charge in [0.2, 0.25) is 0 Å². The van der Waals surface area contributed by atoms with Crippen LogP contribution in [0.5, 0.6) is 5.75 Å². The first-order chi connectivity index (χ1) is 14.8. The van der Waals surface area contributed by atoms with E-state index in [9.17, 15) is 18.4 Å². The van der Waals surface area contributed by atoms with Crippen molar-refractivity contribution in [3.63, 3.8) is 0 Å². The van der Waals surface area contributed by atoms with Crippen molar-refractivity contribution in [1.29, 1.82) is 0 Å². The molecule has 4 rings (SSSR count). The number of hydrogen-bond donors (Lipinski definition) is 0. The Morgan fingerprint density at radius 3 is 2.16 bits per heavy atom. The first kappa shape index (κ1) is 21.0. The second kappa shape index (κ2) is 8.11. The Morgan fingerprint density at radius 1 is 0.935 bits per heavy atom. The minimum Gasteiger partial charge on any atom is -0.497 e. The Kier molecular flexibility index (Phi) is 5.49. The lowest BCUT2D eigenvalue weighted by molar-refractivity contribution is -0.121. The zero-order valence-electron chi connectivity index (χ0n) is 17.4. The summed E-state index contributed by atoms with van der Waals surface area (Å²) in [5, 5.41) is 0. The van der Waals surface area contributed by atoms with E-state index < -0.39 is 23.4 Å². The van der Waals surface area contributed by atoms with E-state index in [4.69, 9.17) is 9.47 Å². The number of nitrogens with zero attached hydrogens (tertiary/aromatic N) is 2. The number of ether oxygens (including phenoxy) is 2. The first-order valence-corrected chi connectivity index (χ1v) is 9.93. The first-order valence-electron chi connectivity index (χ1n) is 9.93. The number of imide groups is 1. The predicted molar refractivity (Wildman–Crippen MR) is 110 cm³/mol. The molecule has 2 aliphatic rings. The lowest BCUT2D eigenvalue weighted by atomic mass is 10.0. The molecular weight excluding hydrogens is 406 g/mol. The van der Waals surface area contributed by atoms with Gasteiger partial charge in [0.1, 0.15) is 11.4 Å². The zero-order chi connectivity index (χ0) is 22.3. The van der Waals surface area contributed by atoms with Crippen molar-refractivity contribution >= 4 is 23.1 Å². The van der Waals surface area contributed by atoms with Crippen molar-refractivity contribution in [2.45, 2.75) is 26.1 Å². The highest BCUT2D eigenvalue weighted by Crippen LogP contribution is 2.36. The summed E-state index contributed by atoms with van der Waals surface area (Å²) in [4.78, 5) is 29.6. The minimum atomic E-state index is -1.13. The largest absolute Gasteiger partial charge is 0.497 e. The van der Waals surface area contributed by atoms with E-state index in [1.807, 2.05) is 18.7 Å². The highest BCUT2D eigenvalue weighted by molar-refractivity contribution is 6.45. The van der Waals surface area contributed by atoms with E-state index >= 15 is 0 Å². The molecule has 1 saturated heterocycles. The molecule has 31 heavy (non-hydrogen) atoms. The monoisotopic (exact) mass is 428 g/mol. The third-order valence-electron chi connectivity index (χ3n) is 5.34. The molecule has 0 spiro atoms. The normalized spacial score (nSPS) is 21.8. The van der Waals surface area contributed by atoms with Gasteiger partial charge in [0.25, 0.3) is 11.8 Å². The van der Waals surface area contributed by atoms with E-state index in [1.54, 1.807) is 24.3 Å². The van der Waals surface area contributed by atoms with Crippen LogP contribution in [-0.4, -0.2) is 49.1 Å². The summed E-state index contributed by atoms with van der Waals surface area (Å²) in [5.41, 5.74) is 0.941. The number of carbonyl (C=O) groups is 2. The summed E-state index contributed by atoms with van der Waals surface area (Å²) in [7, 11) is 1.53. The van der Waals surface area contributed by atoms with Crippen LogP contribution in [0.25, 0.3) is 5.57 Å². The molecule has 0 aliphatic carbocycles. The summed E-state index contributed by atoms with van der Waals surface area (Å²) in [5.74, 6) is -2.76. The van der Waals surface area contributed by atoms with Gasteiger partial charge in [0, 0.05) is 19.2 Å². The Balaban J connectivity index is 1.83. The van der Waals surface area contributed by atoms with Gasteiger partial charge in [-0.2, -0.15) is 0 Å². The molecule has 0 aromatic heterocycles. The highest BCUT2D eigenvalue weighted by atomic mass is 19.2. The molecule has 2 aliphatic heterocycles. The smallest absolute Gasteiger partial charge is 0.282 e. The van der Waals surface area contributed by atoms with Gasteiger partial charge >= 0.3 is 0 Å². The average Bonchev–Trinajstić information content (AvgIpc) is 2.99. The lowest BCUT2D eigenvalue weighted by Crippen LogP contribution is -2.47. The number of methoxy groups -OCH3 is 1. The van der Waals surface area contributed by atoms with Crippen molar-refractivity contribution in [1.82, 2.24) is 4.90 Å². The SMILES string of the molecule is COc1ccc(C2=C(N3CC(C)OC(C)C3)C(=O)N(c3ccc(F)c(F)c3)C2=O)cc1. The van der Waals surface area contributed by atoms with Gasteiger partial charge in [-0.3, -0.25) is 9.59 Å². The molecule has 8 heteroatoms. The summed E-state index contributed by atoms with van der Waals surface area (Å²) in [6.07, 6.45) is -0.290. The summed E-state index contributed by atoms with van der Waals surface area (Å²) in [6.45, 7) is 4.63. The average molecular weight is 428 g/mol. The number of carbonyl (C=O) groups excluding carboxylic acids is 2. The molecule has 162 valence electrons. The third-order valence-corrected chi connectivity index (χ3v) is 5.34. The van der Waals surface area contributed by atoms with Crippen LogP contribution in [0.15, 0.2) is 48.2 Å². The van der Waals surface area contributed by atoms with Crippen LogP contribution >= 0.6 is 0 Å². The van der Waals surface area contributed by atoms with E-state index in [2.05, 4.69) is 0 Å². The molecule has 2 aromatic carbocycles. The maximum atomic E-state index is 13.9. The number of benzene rings is 2. The number of morpholine rings is 1. The van der Waals surface area contributed by atoms with Gasteiger partial charge in [-0.1, -0.05) is 12.1 Å². The number of amides is 2. The number of halogens is 2. The number of hydrogen-bond acceptors (Lipinski definition) is 5. The molecule has 6 nitrogen and oxygen atoms in total. The molecule has 0 bridgehead atoms. The fourth-order valence-corrected chi connectivity index (χ4v) is 4.05. The lowest BCUT2D eigenvalue weighted by Gasteiger charge is -2.37. The molecule has 2 aromatic rings.